The molecule has 1 aliphatic carbocycles. The average Bonchev–Trinajstić information content (AvgIpc) is 3.36. The minimum atomic E-state index is -0.165. The third kappa shape index (κ3) is 2.70. The van der Waals surface area contributed by atoms with E-state index in [1.54, 1.807) is 23.2 Å². The lowest BCUT2D eigenvalue weighted by atomic mass is 9.93. The normalized spacial score (nSPS) is 16.2. The van der Waals surface area contributed by atoms with Crippen molar-refractivity contribution in [2.75, 3.05) is 0 Å². The van der Waals surface area contributed by atoms with Crippen molar-refractivity contribution in [1.29, 1.82) is 0 Å². The predicted octanol–water partition coefficient (Wildman–Crippen LogP) is 3.80. The summed E-state index contributed by atoms with van der Waals surface area (Å²) in [5.74, 6) is 0.803. The maximum absolute atomic E-state index is 12.9. The van der Waals surface area contributed by atoms with Crippen LogP contribution in [0.3, 0.4) is 0 Å². The van der Waals surface area contributed by atoms with Gasteiger partial charge in [-0.3, -0.25) is 4.79 Å². The zero-order valence-electron chi connectivity index (χ0n) is 14.6. The molecule has 0 spiro atoms. The summed E-state index contributed by atoms with van der Waals surface area (Å²) in [5.41, 5.74) is 4.02. The highest BCUT2D eigenvalue weighted by molar-refractivity contribution is 6.00. The molecule has 0 bridgehead atoms. The van der Waals surface area contributed by atoms with Crippen LogP contribution in [0, 0.1) is 0 Å². The van der Waals surface area contributed by atoms with E-state index < -0.39 is 0 Å². The molecule has 0 aliphatic heterocycles. The second-order valence-electron chi connectivity index (χ2n) is 6.71. The lowest BCUT2D eigenvalue weighted by Gasteiger charge is -2.22. The molecule has 1 aliphatic rings. The summed E-state index contributed by atoms with van der Waals surface area (Å²) < 4.78 is 7.23. The van der Waals surface area contributed by atoms with Crippen LogP contribution in [0.2, 0.25) is 0 Å². The topological polar surface area (TPSA) is 72.4 Å². The van der Waals surface area contributed by atoms with Crippen molar-refractivity contribution in [3.63, 3.8) is 0 Å². The summed E-state index contributed by atoms with van der Waals surface area (Å²) in [5, 5.41) is 7.54. The van der Waals surface area contributed by atoms with E-state index in [0.717, 1.165) is 41.8 Å². The molecule has 6 heteroatoms. The van der Waals surface area contributed by atoms with Gasteiger partial charge >= 0.3 is 0 Å². The highest BCUT2D eigenvalue weighted by Crippen LogP contribution is 2.31. The first-order chi connectivity index (χ1) is 13.3. The molecule has 1 unspecified atom stereocenters. The first-order valence-electron chi connectivity index (χ1n) is 9.06. The molecule has 4 aromatic rings. The number of aromatic nitrogens is 3. The molecule has 0 saturated carbocycles. The number of hydrogen-bond acceptors (Lipinski definition) is 4. The van der Waals surface area contributed by atoms with Gasteiger partial charge in [0.15, 0.2) is 5.65 Å². The number of nitrogens with zero attached hydrogens (tertiary/aromatic N) is 3. The maximum Gasteiger partial charge on any atom is 0.257 e. The number of carbonyl (C=O) groups excluding carboxylic acids is 1. The van der Waals surface area contributed by atoms with Crippen molar-refractivity contribution in [3.8, 4) is 11.3 Å². The van der Waals surface area contributed by atoms with Crippen LogP contribution in [0.15, 0.2) is 65.5 Å². The summed E-state index contributed by atoms with van der Waals surface area (Å²) in [4.78, 5) is 17.3. The smallest absolute Gasteiger partial charge is 0.257 e. The van der Waals surface area contributed by atoms with Crippen molar-refractivity contribution >= 4 is 11.6 Å². The van der Waals surface area contributed by atoms with Gasteiger partial charge in [0, 0.05) is 23.7 Å². The number of benzene rings is 1. The number of aryl methyl sites for hydroxylation is 1. The molecule has 3 heterocycles. The Morgan fingerprint density at radius 2 is 2.07 bits per heavy atom. The zero-order chi connectivity index (χ0) is 18.2. The number of nitrogens with one attached hydrogen (secondary N) is 1. The van der Waals surface area contributed by atoms with Crippen LogP contribution < -0.4 is 5.32 Å². The van der Waals surface area contributed by atoms with E-state index in [2.05, 4.69) is 15.4 Å². The van der Waals surface area contributed by atoms with Crippen LogP contribution in [0.1, 0.15) is 40.6 Å². The summed E-state index contributed by atoms with van der Waals surface area (Å²) >= 11 is 0. The minimum absolute atomic E-state index is 0.0349. The van der Waals surface area contributed by atoms with Gasteiger partial charge in [0.25, 0.3) is 5.91 Å². The van der Waals surface area contributed by atoms with Crippen molar-refractivity contribution in [1.82, 2.24) is 19.9 Å². The Labute approximate surface area is 155 Å². The predicted molar refractivity (Wildman–Crippen MR) is 100 cm³/mol. The molecule has 1 N–H and O–H groups in total. The standard InChI is InChI=1S/C21H18N4O2/c26-21(24-17-7-4-8-19-15(17)10-12-27-19)16-13-23-25-18(9-11-22-20(16)25)14-5-2-1-3-6-14/h1-3,5-6,9-13,17H,4,7-8H2,(H,24,26). The Bertz CT molecular complexity index is 1110. The summed E-state index contributed by atoms with van der Waals surface area (Å²) in [6, 6.07) is 13.8. The Hall–Kier alpha value is -3.41. The SMILES string of the molecule is O=C(NC1CCCc2occc21)c1cnn2c(-c3ccccc3)ccnc12. The number of hydrogen-bond donors (Lipinski definition) is 1. The van der Waals surface area contributed by atoms with E-state index in [9.17, 15) is 4.79 Å². The largest absolute Gasteiger partial charge is 0.469 e. The Kier molecular flexibility index (Phi) is 3.74. The minimum Gasteiger partial charge on any atom is -0.469 e. The van der Waals surface area contributed by atoms with E-state index in [-0.39, 0.29) is 11.9 Å². The Morgan fingerprint density at radius 3 is 2.96 bits per heavy atom. The van der Waals surface area contributed by atoms with E-state index in [0.29, 0.717) is 11.2 Å². The number of amides is 1. The molecular formula is C21H18N4O2. The van der Waals surface area contributed by atoms with Gasteiger partial charge in [0.1, 0.15) is 11.3 Å². The third-order valence-electron chi connectivity index (χ3n) is 5.07. The van der Waals surface area contributed by atoms with Crippen molar-refractivity contribution < 1.29 is 9.21 Å². The second-order valence-corrected chi connectivity index (χ2v) is 6.71. The van der Waals surface area contributed by atoms with Crippen LogP contribution in [0.5, 0.6) is 0 Å². The molecule has 0 radical (unpaired) electrons. The van der Waals surface area contributed by atoms with Gasteiger partial charge in [-0.05, 0) is 25.0 Å². The quantitative estimate of drug-likeness (QED) is 0.605. The molecule has 1 aromatic carbocycles. The summed E-state index contributed by atoms with van der Waals surface area (Å²) in [7, 11) is 0. The van der Waals surface area contributed by atoms with Crippen molar-refractivity contribution in [3.05, 3.63) is 78.0 Å². The maximum atomic E-state index is 12.9. The number of rotatable bonds is 3. The molecule has 27 heavy (non-hydrogen) atoms. The van der Waals surface area contributed by atoms with Crippen LogP contribution in [0.4, 0.5) is 0 Å². The van der Waals surface area contributed by atoms with Gasteiger partial charge in [-0.2, -0.15) is 5.10 Å². The van der Waals surface area contributed by atoms with Crippen LogP contribution >= 0.6 is 0 Å². The highest BCUT2D eigenvalue weighted by Gasteiger charge is 2.26. The molecule has 5 rings (SSSR count). The second kappa shape index (κ2) is 6.39. The molecule has 0 fully saturated rings. The third-order valence-corrected chi connectivity index (χ3v) is 5.07. The van der Waals surface area contributed by atoms with Crippen molar-refractivity contribution in [2.24, 2.45) is 0 Å². The van der Waals surface area contributed by atoms with E-state index in [1.807, 2.05) is 42.5 Å². The zero-order valence-corrected chi connectivity index (χ0v) is 14.6. The monoisotopic (exact) mass is 358 g/mol. The fraction of sp³-hybridized carbons (Fsp3) is 0.190. The number of carbonyl (C=O) groups is 1. The lowest BCUT2D eigenvalue weighted by molar-refractivity contribution is 0.0933. The van der Waals surface area contributed by atoms with Gasteiger partial charge in [0.05, 0.1) is 24.2 Å². The molecular weight excluding hydrogens is 340 g/mol. The van der Waals surface area contributed by atoms with Gasteiger partial charge in [-0.25, -0.2) is 9.50 Å². The van der Waals surface area contributed by atoms with Gasteiger partial charge < -0.3 is 9.73 Å². The van der Waals surface area contributed by atoms with E-state index in [1.165, 1.54) is 0 Å². The molecule has 134 valence electrons. The van der Waals surface area contributed by atoms with Crippen LogP contribution in [-0.4, -0.2) is 20.5 Å². The molecule has 3 aromatic heterocycles. The number of furan rings is 1. The number of fused-ring (bicyclic) bond motifs is 2. The van der Waals surface area contributed by atoms with E-state index >= 15 is 0 Å². The molecule has 1 atom stereocenters. The molecule has 6 nitrogen and oxygen atoms in total. The van der Waals surface area contributed by atoms with Gasteiger partial charge in [-0.15, -0.1) is 0 Å². The average molecular weight is 358 g/mol. The van der Waals surface area contributed by atoms with Crippen LogP contribution in [0.25, 0.3) is 16.9 Å². The van der Waals surface area contributed by atoms with Crippen LogP contribution in [-0.2, 0) is 6.42 Å². The summed E-state index contributed by atoms with van der Waals surface area (Å²) in [6.45, 7) is 0. The Morgan fingerprint density at radius 1 is 1.19 bits per heavy atom. The first-order valence-corrected chi connectivity index (χ1v) is 9.06. The first kappa shape index (κ1) is 15.8. The van der Waals surface area contributed by atoms with E-state index in [4.69, 9.17) is 4.42 Å². The molecule has 0 saturated heterocycles. The Balaban J connectivity index is 1.49. The molecule has 1 amide bonds. The fourth-order valence-electron chi connectivity index (χ4n) is 3.75. The van der Waals surface area contributed by atoms with Gasteiger partial charge in [0.2, 0.25) is 0 Å². The lowest BCUT2D eigenvalue weighted by Crippen LogP contribution is -2.30. The van der Waals surface area contributed by atoms with Gasteiger partial charge in [-0.1, -0.05) is 30.3 Å². The summed E-state index contributed by atoms with van der Waals surface area (Å²) in [6.07, 6.45) is 7.82. The highest BCUT2D eigenvalue weighted by atomic mass is 16.3. The van der Waals surface area contributed by atoms with Crippen molar-refractivity contribution in [2.45, 2.75) is 25.3 Å². The fourth-order valence-corrected chi connectivity index (χ4v) is 3.75.